The summed E-state index contributed by atoms with van der Waals surface area (Å²) in [6, 6.07) is 0. The van der Waals surface area contributed by atoms with Gasteiger partial charge in [0.15, 0.2) is 4.77 Å². The molecule has 100 valence electrons. The van der Waals surface area contributed by atoms with Gasteiger partial charge in [0.2, 0.25) is 5.82 Å². The van der Waals surface area contributed by atoms with Crippen molar-refractivity contribution in [1.82, 2.24) is 9.55 Å². The number of halogens is 1. The number of ether oxygens (including phenoxy) is 1. The predicted molar refractivity (Wildman–Crippen MR) is 62.0 cm³/mol. The molecule has 1 aromatic heterocycles. The molecule has 0 saturated carbocycles. The number of aromatic nitrogens is 2. The maximum absolute atomic E-state index is 13.2. The molecule has 0 amide bonds. The van der Waals surface area contributed by atoms with Crippen molar-refractivity contribution < 1.29 is 19.3 Å². The van der Waals surface area contributed by atoms with Gasteiger partial charge in [0.1, 0.15) is 12.3 Å². The highest BCUT2D eigenvalue weighted by atomic mass is 32.1. The van der Waals surface area contributed by atoms with Crippen LogP contribution in [0.2, 0.25) is 0 Å². The minimum atomic E-state index is -0.985. The van der Waals surface area contributed by atoms with Gasteiger partial charge in [0.25, 0.3) is 5.56 Å². The van der Waals surface area contributed by atoms with Crippen LogP contribution >= 0.6 is 12.2 Å². The van der Waals surface area contributed by atoms with E-state index in [1.807, 2.05) is 0 Å². The summed E-state index contributed by atoms with van der Waals surface area (Å²) in [7, 11) is 0. The second-order valence-electron chi connectivity index (χ2n) is 4.24. The summed E-state index contributed by atoms with van der Waals surface area (Å²) >= 11 is 4.92. The van der Waals surface area contributed by atoms with Crippen molar-refractivity contribution in [1.29, 1.82) is 0 Å². The summed E-state index contributed by atoms with van der Waals surface area (Å²) in [5, 5.41) is 18.8. The van der Waals surface area contributed by atoms with E-state index in [9.17, 15) is 14.3 Å². The number of nitrogens with one attached hydrogen (secondary N) is 1. The number of aliphatic hydroxyl groups excluding tert-OH is 2. The summed E-state index contributed by atoms with van der Waals surface area (Å²) < 4.78 is 19.9. The molecule has 2 heterocycles. The third kappa shape index (κ3) is 2.12. The standard InChI is InChI=1S/C10H13FN2O4S/c1-4-7(15)6(3-14)17-9(4)13-2-5(11)8(16)12-10(13)18/h2,4,6-7,9,14-15H,3H2,1H3,(H,12,16,18)/t4?,6-,7-,9-/m1/s1. The molecule has 3 N–H and O–H groups in total. The number of aromatic amines is 1. The number of hydrogen-bond acceptors (Lipinski definition) is 5. The van der Waals surface area contributed by atoms with E-state index in [0.717, 1.165) is 6.20 Å². The number of hydrogen-bond donors (Lipinski definition) is 3. The molecule has 1 saturated heterocycles. The normalized spacial score (nSPS) is 31.8. The van der Waals surface area contributed by atoms with Crippen LogP contribution in [0.3, 0.4) is 0 Å². The van der Waals surface area contributed by atoms with Crippen molar-refractivity contribution in [3.8, 4) is 0 Å². The lowest BCUT2D eigenvalue weighted by Crippen LogP contribution is -2.28. The third-order valence-electron chi connectivity index (χ3n) is 3.06. The average molecular weight is 276 g/mol. The van der Waals surface area contributed by atoms with Crippen molar-refractivity contribution in [3.63, 3.8) is 0 Å². The molecule has 0 aliphatic carbocycles. The van der Waals surface area contributed by atoms with Gasteiger partial charge in [-0.25, -0.2) is 0 Å². The average Bonchev–Trinajstić information content (AvgIpc) is 2.61. The van der Waals surface area contributed by atoms with Crippen LogP contribution in [0.25, 0.3) is 0 Å². The summed E-state index contributed by atoms with van der Waals surface area (Å²) in [6.45, 7) is 1.34. The van der Waals surface area contributed by atoms with Gasteiger partial charge in [-0.3, -0.25) is 14.3 Å². The molecule has 0 aromatic carbocycles. The molecular formula is C10H13FN2O4S. The Hall–Kier alpha value is -1.09. The zero-order valence-electron chi connectivity index (χ0n) is 9.54. The number of nitrogens with zero attached hydrogens (tertiary/aromatic N) is 1. The highest BCUT2D eigenvalue weighted by Gasteiger charge is 2.41. The zero-order chi connectivity index (χ0) is 13.4. The van der Waals surface area contributed by atoms with E-state index >= 15 is 0 Å². The molecule has 4 atom stereocenters. The molecule has 8 heteroatoms. The molecule has 0 radical (unpaired) electrons. The van der Waals surface area contributed by atoms with E-state index in [2.05, 4.69) is 4.98 Å². The summed E-state index contributed by atoms with van der Waals surface area (Å²) in [6.07, 6.45) is -1.41. The van der Waals surface area contributed by atoms with Gasteiger partial charge in [-0.1, -0.05) is 6.92 Å². The Morgan fingerprint density at radius 1 is 1.67 bits per heavy atom. The third-order valence-corrected chi connectivity index (χ3v) is 3.37. The van der Waals surface area contributed by atoms with Gasteiger partial charge in [0.05, 0.1) is 18.9 Å². The first-order valence-corrected chi connectivity index (χ1v) is 5.82. The second-order valence-corrected chi connectivity index (χ2v) is 4.63. The van der Waals surface area contributed by atoms with Gasteiger partial charge >= 0.3 is 0 Å². The van der Waals surface area contributed by atoms with Crippen molar-refractivity contribution in [3.05, 3.63) is 27.1 Å². The van der Waals surface area contributed by atoms with Gasteiger partial charge in [-0.2, -0.15) is 4.39 Å². The number of H-pyrrole nitrogens is 1. The molecule has 1 unspecified atom stereocenters. The van der Waals surface area contributed by atoms with Crippen molar-refractivity contribution >= 4 is 12.2 Å². The smallest absolute Gasteiger partial charge is 0.287 e. The molecule has 1 aliphatic heterocycles. The molecule has 1 aliphatic rings. The van der Waals surface area contributed by atoms with E-state index < -0.39 is 29.8 Å². The fraction of sp³-hybridized carbons (Fsp3) is 0.600. The van der Waals surface area contributed by atoms with E-state index in [0.29, 0.717) is 0 Å². The molecule has 0 spiro atoms. The Labute approximate surface area is 107 Å². The topological polar surface area (TPSA) is 87.5 Å². The lowest BCUT2D eigenvalue weighted by molar-refractivity contribution is -0.0473. The Morgan fingerprint density at radius 2 is 2.33 bits per heavy atom. The van der Waals surface area contributed by atoms with Crippen LogP contribution in [-0.2, 0) is 4.74 Å². The minimum absolute atomic E-state index is 0.00374. The highest BCUT2D eigenvalue weighted by Crippen LogP contribution is 2.34. The van der Waals surface area contributed by atoms with E-state index in [4.69, 9.17) is 22.1 Å². The molecule has 18 heavy (non-hydrogen) atoms. The molecular weight excluding hydrogens is 263 g/mol. The maximum atomic E-state index is 13.2. The molecule has 6 nitrogen and oxygen atoms in total. The van der Waals surface area contributed by atoms with Gasteiger partial charge in [0, 0.05) is 5.92 Å². The van der Waals surface area contributed by atoms with Gasteiger partial charge < -0.3 is 14.9 Å². The SMILES string of the molecule is CC1[C@@H](O)[C@@H](CO)O[C@H]1n1cc(F)c(=O)[nH]c1=S. The first kappa shape index (κ1) is 13.3. The summed E-state index contributed by atoms with van der Waals surface area (Å²) in [5.74, 6) is -1.37. The molecule has 2 rings (SSSR count). The monoisotopic (exact) mass is 276 g/mol. The van der Waals surface area contributed by atoms with Crippen LogP contribution in [0, 0.1) is 16.5 Å². The lowest BCUT2D eigenvalue weighted by Gasteiger charge is -2.18. The number of rotatable bonds is 2. The minimum Gasteiger partial charge on any atom is -0.394 e. The Balaban J connectivity index is 2.42. The fourth-order valence-corrected chi connectivity index (χ4v) is 2.26. The fourth-order valence-electron chi connectivity index (χ4n) is 2.01. The van der Waals surface area contributed by atoms with Crippen LogP contribution in [0.1, 0.15) is 13.2 Å². The Kier molecular flexibility index (Phi) is 3.62. The first-order chi connectivity index (χ1) is 8.45. The van der Waals surface area contributed by atoms with Gasteiger partial charge in [-0.05, 0) is 12.2 Å². The van der Waals surface area contributed by atoms with Crippen LogP contribution in [0.15, 0.2) is 11.0 Å². The molecule has 0 bridgehead atoms. The van der Waals surface area contributed by atoms with E-state index in [-0.39, 0.29) is 17.3 Å². The van der Waals surface area contributed by atoms with E-state index in [1.165, 1.54) is 4.57 Å². The van der Waals surface area contributed by atoms with Crippen LogP contribution in [-0.4, -0.2) is 38.6 Å². The Bertz CT molecular complexity index is 558. The van der Waals surface area contributed by atoms with E-state index in [1.54, 1.807) is 6.92 Å². The van der Waals surface area contributed by atoms with Crippen molar-refractivity contribution in [2.24, 2.45) is 5.92 Å². The Morgan fingerprint density at radius 3 is 2.89 bits per heavy atom. The quantitative estimate of drug-likeness (QED) is 0.658. The first-order valence-electron chi connectivity index (χ1n) is 5.41. The number of aliphatic hydroxyl groups is 2. The summed E-state index contributed by atoms with van der Waals surface area (Å²) in [5.41, 5.74) is -0.902. The van der Waals surface area contributed by atoms with Crippen molar-refractivity contribution in [2.75, 3.05) is 6.61 Å². The maximum Gasteiger partial charge on any atom is 0.287 e. The molecule has 1 aromatic rings. The van der Waals surface area contributed by atoms with Gasteiger partial charge in [-0.15, -0.1) is 0 Å². The molecule has 1 fully saturated rings. The predicted octanol–water partition coefficient (Wildman–Crippen LogP) is -0.0683. The summed E-state index contributed by atoms with van der Waals surface area (Å²) in [4.78, 5) is 13.2. The zero-order valence-corrected chi connectivity index (χ0v) is 10.4. The van der Waals surface area contributed by atoms with Crippen LogP contribution in [0.5, 0.6) is 0 Å². The largest absolute Gasteiger partial charge is 0.394 e. The van der Waals surface area contributed by atoms with Crippen molar-refractivity contribution in [2.45, 2.75) is 25.4 Å². The van der Waals surface area contributed by atoms with Crippen LogP contribution in [0.4, 0.5) is 4.39 Å². The lowest BCUT2D eigenvalue weighted by atomic mass is 10.0. The van der Waals surface area contributed by atoms with Crippen LogP contribution < -0.4 is 5.56 Å². The highest BCUT2D eigenvalue weighted by molar-refractivity contribution is 7.71. The second kappa shape index (κ2) is 4.88.